The minimum atomic E-state index is -2.55. The molecule has 5 aromatic rings. The fraction of sp³-hybridized carbons (Fsp3) is 0.423. The molecule has 0 bridgehead atoms. The number of hydrogen-bond donors (Lipinski definition) is 0. The molecule has 6 unspecified atom stereocenters. The van der Waals surface area contributed by atoms with Crippen LogP contribution in [0.2, 0.25) is 18.1 Å². The first-order valence-electron chi connectivity index (χ1n) is 22.4. The zero-order chi connectivity index (χ0) is 44.1. The van der Waals surface area contributed by atoms with Crippen molar-refractivity contribution in [2.75, 3.05) is 13.2 Å². The third-order valence-electron chi connectivity index (χ3n) is 12.8. The summed E-state index contributed by atoms with van der Waals surface area (Å²) in [6.45, 7) is 12.4. The van der Waals surface area contributed by atoms with Gasteiger partial charge in [0, 0.05) is 16.0 Å². The lowest BCUT2D eigenvalue weighted by Gasteiger charge is -2.54. The maximum Gasteiger partial charge on any atom is 0.192 e. The molecule has 0 amide bonds. The van der Waals surface area contributed by atoms with Crippen molar-refractivity contribution in [2.24, 2.45) is 0 Å². The van der Waals surface area contributed by atoms with E-state index in [0.29, 0.717) is 19.8 Å². The predicted molar refractivity (Wildman–Crippen MR) is 247 cm³/mol. The molecule has 0 aliphatic carbocycles. The standard InChI is InChI=1S/C52H60O10SSi/c1-52(2,3)64(4,5)62-46-44(53-31-35-21-11-6-12-22-35)42-40(33-55-48(59-42)37-25-15-8-16-26-37)57-50(46)61-47-45(54-32-36-23-13-7-14-24-36)43-41(58-51(47)63-39-29-19-10-20-30-39)34-56-49(60-43)38-27-17-9-18-28-38/h6-30,40-51H,31-34H2,1-5H3/t40?,41?,42-,43-,44-,45-,46?,47?,48?,49?,50+,51-/m1/s1. The minimum Gasteiger partial charge on any atom is -0.406 e. The summed E-state index contributed by atoms with van der Waals surface area (Å²) in [6.07, 6.45) is -6.99. The van der Waals surface area contributed by atoms with Gasteiger partial charge in [-0.25, -0.2) is 0 Å². The normalized spacial score (nSPS) is 30.8. The lowest BCUT2D eigenvalue weighted by molar-refractivity contribution is -0.387. The highest BCUT2D eigenvalue weighted by Crippen LogP contribution is 2.46. The SMILES string of the molecule is CC(C)(C)[Si](C)(C)OC1[C@H](OC2[C@@H](Sc3ccccc3)OC3COC(c4ccccc4)O[C@H]3[C@H]2OCc2ccccc2)OC2COC(c3ccccc3)O[C@H]2[C@H]1OCc1ccccc1. The lowest BCUT2D eigenvalue weighted by Crippen LogP contribution is -2.68. The highest BCUT2D eigenvalue weighted by molar-refractivity contribution is 7.99. The third-order valence-corrected chi connectivity index (χ3v) is 18.4. The van der Waals surface area contributed by atoms with Gasteiger partial charge in [0.1, 0.15) is 54.3 Å². The van der Waals surface area contributed by atoms with Crippen molar-refractivity contribution in [1.29, 1.82) is 0 Å². The van der Waals surface area contributed by atoms with E-state index >= 15 is 0 Å². The number of hydrogen-bond acceptors (Lipinski definition) is 11. The third kappa shape index (κ3) is 10.6. The van der Waals surface area contributed by atoms with E-state index in [-0.39, 0.29) is 11.6 Å². The van der Waals surface area contributed by atoms with Gasteiger partial charge in [0.15, 0.2) is 27.2 Å². The highest BCUT2D eigenvalue weighted by Gasteiger charge is 2.58. The minimum absolute atomic E-state index is 0.155. The van der Waals surface area contributed by atoms with Gasteiger partial charge in [-0.15, -0.1) is 0 Å². The number of thioether (sulfide) groups is 1. The molecule has 338 valence electrons. The lowest BCUT2D eigenvalue weighted by atomic mass is 9.96. The van der Waals surface area contributed by atoms with Crippen molar-refractivity contribution >= 4 is 20.1 Å². The summed E-state index contributed by atoms with van der Waals surface area (Å²) in [6, 6.07) is 50.6. The Morgan fingerprint density at radius 2 is 0.969 bits per heavy atom. The summed E-state index contributed by atoms with van der Waals surface area (Å²) < 4.78 is 69.9. The van der Waals surface area contributed by atoms with Gasteiger partial charge in [-0.1, -0.05) is 172 Å². The molecule has 4 aliphatic rings. The van der Waals surface area contributed by atoms with Gasteiger partial charge in [-0.05, 0) is 41.4 Å². The Morgan fingerprint density at radius 1 is 0.531 bits per heavy atom. The molecule has 4 heterocycles. The molecule has 0 spiro atoms. The molecule has 12 atom stereocenters. The fourth-order valence-electron chi connectivity index (χ4n) is 8.34. The van der Waals surface area contributed by atoms with Crippen molar-refractivity contribution in [3.8, 4) is 0 Å². The van der Waals surface area contributed by atoms with Crippen molar-refractivity contribution in [2.45, 2.75) is 130 Å². The molecular formula is C52H60O10SSi. The maximum atomic E-state index is 7.51. The second-order valence-corrected chi connectivity index (χ2v) is 24.3. The highest BCUT2D eigenvalue weighted by atomic mass is 32.2. The average molecular weight is 905 g/mol. The molecule has 64 heavy (non-hydrogen) atoms. The van der Waals surface area contributed by atoms with E-state index in [1.165, 1.54) is 0 Å². The Bertz CT molecular complexity index is 2180. The van der Waals surface area contributed by atoms with Gasteiger partial charge in [0.2, 0.25) is 0 Å². The van der Waals surface area contributed by atoms with Gasteiger partial charge >= 0.3 is 0 Å². The molecule has 4 fully saturated rings. The molecule has 12 heteroatoms. The summed E-state index contributed by atoms with van der Waals surface area (Å²) in [4.78, 5) is 1.02. The molecule has 5 aromatic carbocycles. The van der Waals surface area contributed by atoms with Gasteiger partial charge in [-0.3, -0.25) is 0 Å². The zero-order valence-corrected chi connectivity index (χ0v) is 39.0. The van der Waals surface area contributed by atoms with E-state index in [2.05, 4.69) is 70.3 Å². The molecule has 0 aromatic heterocycles. The largest absolute Gasteiger partial charge is 0.406 e. The molecule has 4 aliphatic heterocycles. The average Bonchev–Trinajstić information content (AvgIpc) is 3.32. The Morgan fingerprint density at radius 3 is 1.45 bits per heavy atom. The summed E-state index contributed by atoms with van der Waals surface area (Å²) >= 11 is 1.58. The van der Waals surface area contributed by atoms with Crippen molar-refractivity contribution in [1.82, 2.24) is 0 Å². The van der Waals surface area contributed by atoms with Crippen LogP contribution in [0.4, 0.5) is 0 Å². The molecule has 0 saturated carbocycles. The summed E-state index contributed by atoms with van der Waals surface area (Å²) in [7, 11) is -2.55. The number of ether oxygens (including phenoxy) is 9. The Hall–Kier alpha value is -3.73. The van der Waals surface area contributed by atoms with Gasteiger partial charge < -0.3 is 47.1 Å². The van der Waals surface area contributed by atoms with E-state index in [1.54, 1.807) is 11.8 Å². The zero-order valence-electron chi connectivity index (χ0n) is 37.2. The quantitative estimate of drug-likeness (QED) is 0.0998. The number of fused-ring (bicyclic) bond motifs is 2. The van der Waals surface area contributed by atoms with E-state index < -0.39 is 81.5 Å². The Kier molecular flexibility index (Phi) is 14.5. The first kappa shape index (κ1) is 45.4. The first-order valence-corrected chi connectivity index (χ1v) is 26.2. The maximum absolute atomic E-state index is 7.51. The number of rotatable bonds is 14. The molecule has 0 radical (unpaired) electrons. The molecular weight excluding hydrogens is 845 g/mol. The van der Waals surface area contributed by atoms with Crippen LogP contribution < -0.4 is 0 Å². The Balaban J connectivity index is 1.11. The van der Waals surface area contributed by atoms with Crippen LogP contribution in [0, 0.1) is 0 Å². The molecule has 10 nitrogen and oxygen atoms in total. The van der Waals surface area contributed by atoms with Crippen LogP contribution in [0.25, 0.3) is 0 Å². The van der Waals surface area contributed by atoms with Crippen molar-refractivity contribution in [3.05, 3.63) is 174 Å². The van der Waals surface area contributed by atoms with Crippen LogP contribution in [-0.2, 0) is 60.3 Å². The monoisotopic (exact) mass is 904 g/mol. The number of benzene rings is 5. The second-order valence-electron chi connectivity index (χ2n) is 18.3. The molecule has 9 rings (SSSR count). The second kappa shape index (κ2) is 20.4. The van der Waals surface area contributed by atoms with Crippen LogP contribution in [0.1, 0.15) is 55.6 Å². The van der Waals surface area contributed by atoms with E-state index in [4.69, 9.17) is 47.1 Å². The molecule has 0 N–H and O–H groups in total. The predicted octanol–water partition coefficient (Wildman–Crippen LogP) is 10.4. The van der Waals surface area contributed by atoms with Crippen LogP contribution in [0.15, 0.2) is 157 Å². The van der Waals surface area contributed by atoms with Gasteiger partial charge in [0.05, 0.1) is 26.4 Å². The van der Waals surface area contributed by atoms with Crippen LogP contribution in [0.3, 0.4) is 0 Å². The topological polar surface area (TPSA) is 92.3 Å². The van der Waals surface area contributed by atoms with E-state index in [0.717, 1.165) is 27.1 Å². The fourth-order valence-corrected chi connectivity index (χ4v) is 10.8. The van der Waals surface area contributed by atoms with E-state index in [1.807, 2.05) is 115 Å². The van der Waals surface area contributed by atoms with Crippen LogP contribution in [0.5, 0.6) is 0 Å². The van der Waals surface area contributed by atoms with Crippen LogP contribution >= 0.6 is 11.8 Å². The smallest absolute Gasteiger partial charge is 0.192 e. The van der Waals surface area contributed by atoms with Crippen molar-refractivity contribution in [3.63, 3.8) is 0 Å². The van der Waals surface area contributed by atoms with Gasteiger partial charge in [0.25, 0.3) is 0 Å². The summed E-state index contributed by atoms with van der Waals surface area (Å²) in [5, 5.41) is -0.155. The van der Waals surface area contributed by atoms with Crippen molar-refractivity contribution < 1.29 is 47.1 Å². The summed E-state index contributed by atoms with van der Waals surface area (Å²) in [5.74, 6) is 0. The molecule has 4 saturated heterocycles. The van der Waals surface area contributed by atoms with Gasteiger partial charge in [-0.2, -0.15) is 0 Å². The Labute approximate surface area is 382 Å². The summed E-state index contributed by atoms with van der Waals surface area (Å²) in [5.41, 5.74) is 3.32. The van der Waals surface area contributed by atoms with E-state index in [9.17, 15) is 0 Å². The first-order chi connectivity index (χ1) is 31.1. The van der Waals surface area contributed by atoms with Crippen LogP contribution in [-0.4, -0.2) is 82.1 Å².